The Morgan fingerprint density at radius 2 is 1.46 bits per heavy atom. The summed E-state index contributed by atoms with van der Waals surface area (Å²) in [6, 6.07) is 0. The molecule has 0 unspecified atom stereocenters. The Hall–Kier alpha value is -1.10. The van der Waals surface area contributed by atoms with Gasteiger partial charge in [0.1, 0.15) is 0 Å². The van der Waals surface area contributed by atoms with Crippen LogP contribution in [0.3, 0.4) is 0 Å². The molecule has 0 aromatic heterocycles. The van der Waals surface area contributed by atoms with Crippen LogP contribution in [0.5, 0.6) is 0 Å². The van der Waals surface area contributed by atoms with Crippen molar-refractivity contribution in [3.05, 3.63) is 0 Å². The van der Waals surface area contributed by atoms with Crippen molar-refractivity contribution in [1.29, 1.82) is 0 Å². The summed E-state index contributed by atoms with van der Waals surface area (Å²) in [5.74, 6) is -0.760. The maximum absolute atomic E-state index is 11.8. The molecule has 0 rings (SSSR count). The molecule has 5 nitrogen and oxygen atoms in total. The smallest absolute Gasteiger partial charge is 0.317 e. The Labute approximate surface area is 148 Å². The average molecular weight is 343 g/mol. The van der Waals surface area contributed by atoms with Gasteiger partial charge in [-0.3, -0.25) is 9.59 Å². The van der Waals surface area contributed by atoms with E-state index in [1.807, 2.05) is 13.8 Å². The first-order valence-corrected chi connectivity index (χ1v) is 9.61. The lowest BCUT2D eigenvalue weighted by atomic mass is 10.0. The summed E-state index contributed by atoms with van der Waals surface area (Å²) < 4.78 is 0. The first-order valence-electron chi connectivity index (χ1n) is 9.61. The van der Waals surface area contributed by atoms with Gasteiger partial charge in [0.15, 0.2) is 0 Å². The molecule has 0 aliphatic carbocycles. The van der Waals surface area contributed by atoms with Crippen LogP contribution in [0.4, 0.5) is 0 Å². The molecular formula is C19H38N2O3. The van der Waals surface area contributed by atoms with Crippen LogP contribution in [-0.2, 0) is 9.59 Å². The largest absolute Gasteiger partial charge is 0.480 e. The zero-order valence-electron chi connectivity index (χ0n) is 16.0. The lowest BCUT2D eigenvalue weighted by molar-refractivity contribution is -0.136. The van der Waals surface area contributed by atoms with Gasteiger partial charge in [0.25, 0.3) is 0 Å². The normalized spacial score (nSPS) is 11.5. The molecule has 0 aromatic carbocycles. The first kappa shape index (κ1) is 22.9. The van der Waals surface area contributed by atoms with Gasteiger partial charge in [-0.15, -0.1) is 0 Å². The molecular weight excluding hydrogens is 304 g/mol. The minimum atomic E-state index is -0.863. The van der Waals surface area contributed by atoms with Crippen molar-refractivity contribution in [1.82, 2.24) is 10.6 Å². The van der Waals surface area contributed by atoms with Crippen molar-refractivity contribution < 1.29 is 14.7 Å². The number of unbranched alkanes of at least 4 members (excludes halogenated alkanes) is 8. The van der Waals surface area contributed by atoms with Crippen molar-refractivity contribution in [3.63, 3.8) is 0 Å². The molecule has 3 N–H and O–H groups in total. The van der Waals surface area contributed by atoms with E-state index in [4.69, 9.17) is 5.11 Å². The highest BCUT2D eigenvalue weighted by molar-refractivity contribution is 5.75. The van der Waals surface area contributed by atoms with Crippen molar-refractivity contribution in [3.8, 4) is 0 Å². The molecule has 24 heavy (non-hydrogen) atoms. The maximum atomic E-state index is 11.8. The van der Waals surface area contributed by atoms with E-state index in [0.29, 0.717) is 19.4 Å². The number of carbonyl (C=O) groups is 2. The molecule has 0 aromatic rings. The number of carboxylic acids is 1. The van der Waals surface area contributed by atoms with Crippen LogP contribution in [-0.4, -0.2) is 35.6 Å². The van der Waals surface area contributed by atoms with E-state index in [2.05, 4.69) is 17.6 Å². The highest BCUT2D eigenvalue weighted by Gasteiger charge is 2.17. The topological polar surface area (TPSA) is 78.4 Å². The molecule has 142 valence electrons. The molecule has 0 atom stereocenters. The van der Waals surface area contributed by atoms with Crippen LogP contribution in [0.1, 0.15) is 91.4 Å². The fourth-order valence-electron chi connectivity index (χ4n) is 2.60. The molecule has 0 aliphatic rings. The van der Waals surface area contributed by atoms with Crippen molar-refractivity contribution in [2.45, 2.75) is 96.9 Å². The summed E-state index contributed by atoms with van der Waals surface area (Å²) in [4.78, 5) is 22.3. The lowest BCUT2D eigenvalue weighted by Gasteiger charge is -2.25. The van der Waals surface area contributed by atoms with E-state index in [1.54, 1.807) is 0 Å². The van der Waals surface area contributed by atoms with Crippen molar-refractivity contribution >= 4 is 11.9 Å². The van der Waals surface area contributed by atoms with Crippen molar-refractivity contribution in [2.24, 2.45) is 0 Å². The highest BCUT2D eigenvalue weighted by atomic mass is 16.4. The molecule has 0 saturated carbocycles. The summed E-state index contributed by atoms with van der Waals surface area (Å²) >= 11 is 0. The number of carbonyl (C=O) groups excluding carboxylic acids is 1. The SMILES string of the molecule is CCCCCCCCCCCC(=O)NCCC(C)(C)NCC(=O)O. The second-order valence-electron chi connectivity index (χ2n) is 7.31. The minimum Gasteiger partial charge on any atom is -0.480 e. The van der Waals surface area contributed by atoms with Gasteiger partial charge in [-0.1, -0.05) is 58.3 Å². The molecule has 0 spiro atoms. The predicted octanol–water partition coefficient (Wildman–Crippen LogP) is 3.87. The van der Waals surface area contributed by atoms with Crippen LogP contribution in [0, 0.1) is 0 Å². The number of aliphatic carboxylic acids is 1. The molecule has 0 radical (unpaired) electrons. The van der Waals surface area contributed by atoms with Crippen LogP contribution in [0.25, 0.3) is 0 Å². The third kappa shape index (κ3) is 15.8. The number of hydrogen-bond donors (Lipinski definition) is 3. The summed E-state index contributed by atoms with van der Waals surface area (Å²) in [6.07, 6.45) is 12.6. The fraction of sp³-hybridized carbons (Fsp3) is 0.895. The molecule has 0 fully saturated rings. The number of carboxylic acid groups (broad SMARTS) is 1. The molecule has 0 aliphatic heterocycles. The van der Waals surface area contributed by atoms with E-state index in [0.717, 1.165) is 12.8 Å². The van der Waals surface area contributed by atoms with Crippen LogP contribution in [0.15, 0.2) is 0 Å². The Bertz CT molecular complexity index is 344. The van der Waals surface area contributed by atoms with E-state index in [9.17, 15) is 9.59 Å². The third-order valence-electron chi connectivity index (χ3n) is 4.30. The molecule has 0 bridgehead atoms. The second-order valence-corrected chi connectivity index (χ2v) is 7.31. The van der Waals surface area contributed by atoms with Gasteiger partial charge in [0.2, 0.25) is 5.91 Å². The van der Waals surface area contributed by atoms with E-state index >= 15 is 0 Å². The van der Waals surface area contributed by atoms with E-state index in [1.165, 1.54) is 44.9 Å². The van der Waals surface area contributed by atoms with Gasteiger partial charge in [0.05, 0.1) is 6.54 Å². The summed E-state index contributed by atoms with van der Waals surface area (Å²) in [5.41, 5.74) is -0.288. The number of hydrogen-bond acceptors (Lipinski definition) is 3. The molecule has 5 heteroatoms. The summed E-state index contributed by atoms with van der Waals surface area (Å²) in [7, 11) is 0. The maximum Gasteiger partial charge on any atom is 0.317 e. The Balaban J connectivity index is 3.48. The molecule has 0 heterocycles. The second kappa shape index (κ2) is 14.3. The zero-order valence-corrected chi connectivity index (χ0v) is 16.0. The summed E-state index contributed by atoms with van der Waals surface area (Å²) in [5, 5.41) is 14.6. The van der Waals surface area contributed by atoms with Gasteiger partial charge < -0.3 is 15.7 Å². The Morgan fingerprint density at radius 3 is 2.00 bits per heavy atom. The van der Waals surface area contributed by atoms with Gasteiger partial charge in [-0.2, -0.15) is 0 Å². The van der Waals surface area contributed by atoms with Gasteiger partial charge in [-0.05, 0) is 26.7 Å². The van der Waals surface area contributed by atoms with Gasteiger partial charge in [-0.25, -0.2) is 0 Å². The quantitative estimate of drug-likeness (QED) is 0.372. The summed E-state index contributed by atoms with van der Waals surface area (Å²) in [6.45, 7) is 6.65. The van der Waals surface area contributed by atoms with Gasteiger partial charge >= 0.3 is 5.97 Å². The predicted molar refractivity (Wildman–Crippen MR) is 99.2 cm³/mol. The van der Waals surface area contributed by atoms with Crippen molar-refractivity contribution in [2.75, 3.05) is 13.1 Å². The fourth-order valence-corrected chi connectivity index (χ4v) is 2.60. The van der Waals surface area contributed by atoms with E-state index < -0.39 is 5.97 Å². The lowest BCUT2D eigenvalue weighted by Crippen LogP contribution is -2.44. The minimum absolute atomic E-state index is 0.0562. The average Bonchev–Trinajstić information content (AvgIpc) is 2.51. The monoisotopic (exact) mass is 342 g/mol. The standard InChI is InChI=1S/C19H38N2O3/c1-4-5-6-7-8-9-10-11-12-13-17(22)20-15-14-19(2,3)21-16-18(23)24/h21H,4-16H2,1-3H3,(H,20,22)(H,23,24). The Kier molecular flexibility index (Phi) is 13.6. The third-order valence-corrected chi connectivity index (χ3v) is 4.30. The zero-order chi connectivity index (χ0) is 18.3. The van der Waals surface area contributed by atoms with Crippen LogP contribution < -0.4 is 10.6 Å². The van der Waals surface area contributed by atoms with Gasteiger partial charge in [0, 0.05) is 18.5 Å². The van der Waals surface area contributed by atoms with Crippen LogP contribution >= 0.6 is 0 Å². The number of amides is 1. The molecule has 0 saturated heterocycles. The number of rotatable bonds is 16. The Morgan fingerprint density at radius 1 is 0.917 bits per heavy atom. The highest BCUT2D eigenvalue weighted by Crippen LogP contribution is 2.10. The molecule has 1 amide bonds. The first-order chi connectivity index (χ1) is 11.4. The van der Waals surface area contributed by atoms with E-state index in [-0.39, 0.29) is 18.0 Å². The number of nitrogens with one attached hydrogen (secondary N) is 2. The van der Waals surface area contributed by atoms with Crippen LogP contribution in [0.2, 0.25) is 0 Å².